The molecule has 0 spiro atoms. The number of carbonyl (C=O) groups is 2. The van der Waals surface area contributed by atoms with Gasteiger partial charge in [0.25, 0.3) is 10.0 Å². The summed E-state index contributed by atoms with van der Waals surface area (Å²) in [5.41, 5.74) is 5.05. The molecule has 8 heteroatoms. The fourth-order valence-corrected chi connectivity index (χ4v) is 7.29. The Kier molecular flexibility index (Phi) is 10.7. The number of hydrogen-bond acceptors (Lipinski definition) is 4. The van der Waals surface area contributed by atoms with E-state index < -0.39 is 28.5 Å². The zero-order valence-electron chi connectivity index (χ0n) is 26.1. The highest BCUT2D eigenvalue weighted by atomic mass is 32.2. The lowest BCUT2D eigenvalue weighted by Gasteiger charge is -2.35. The largest absolute Gasteiger partial charge is 0.352 e. The minimum atomic E-state index is -4.10. The Hall–Kier alpha value is -3.65. The van der Waals surface area contributed by atoms with E-state index in [-0.39, 0.29) is 23.4 Å². The van der Waals surface area contributed by atoms with Gasteiger partial charge in [-0.05, 0) is 93.5 Å². The lowest BCUT2D eigenvalue weighted by molar-refractivity contribution is -0.140. The van der Waals surface area contributed by atoms with Crippen LogP contribution in [0.15, 0.2) is 71.6 Å². The second kappa shape index (κ2) is 14.2. The van der Waals surface area contributed by atoms with Gasteiger partial charge in [0.15, 0.2) is 0 Å². The van der Waals surface area contributed by atoms with E-state index in [1.807, 2.05) is 65.0 Å². The second-order valence-electron chi connectivity index (χ2n) is 11.9. The van der Waals surface area contributed by atoms with Crippen molar-refractivity contribution in [2.24, 2.45) is 0 Å². The maximum Gasteiger partial charge on any atom is 0.264 e. The van der Waals surface area contributed by atoms with Crippen molar-refractivity contribution in [3.8, 4) is 0 Å². The first-order valence-corrected chi connectivity index (χ1v) is 16.8. The van der Waals surface area contributed by atoms with Gasteiger partial charge in [0.2, 0.25) is 11.8 Å². The number of aryl methyl sites for hydroxylation is 4. The number of anilines is 1. The third kappa shape index (κ3) is 8.05. The van der Waals surface area contributed by atoms with Crippen molar-refractivity contribution in [3.63, 3.8) is 0 Å². The maximum absolute atomic E-state index is 14.4. The number of rotatable bonds is 11. The first-order chi connectivity index (χ1) is 20.5. The molecule has 1 aliphatic rings. The van der Waals surface area contributed by atoms with Crippen molar-refractivity contribution in [1.29, 1.82) is 0 Å². The monoisotopic (exact) mass is 603 g/mol. The molecule has 0 heterocycles. The molecule has 4 rings (SSSR count). The van der Waals surface area contributed by atoms with Crippen LogP contribution in [-0.4, -0.2) is 43.8 Å². The number of nitrogens with zero attached hydrogens (tertiary/aromatic N) is 2. The van der Waals surface area contributed by atoms with Crippen molar-refractivity contribution >= 4 is 27.5 Å². The smallest absolute Gasteiger partial charge is 0.264 e. The minimum absolute atomic E-state index is 0.0967. The normalized spacial score (nSPS) is 14.6. The molecule has 43 heavy (non-hydrogen) atoms. The van der Waals surface area contributed by atoms with Gasteiger partial charge in [0, 0.05) is 12.6 Å². The van der Waals surface area contributed by atoms with E-state index in [9.17, 15) is 18.0 Å². The molecule has 0 bridgehead atoms. The Morgan fingerprint density at radius 1 is 0.860 bits per heavy atom. The lowest BCUT2D eigenvalue weighted by atomic mass is 9.95. The standard InChI is InChI=1S/C35H45N3O4S/c1-6-33(35(40)36-30-14-8-7-9-15-30)37(23-29-13-11-10-12-28(29)5)34(39)24-38(31-21-26(3)20-27(4)22-31)43(41,42)32-18-16-25(2)17-19-32/h10-13,16-22,30,33H,6-9,14-15,23-24H2,1-5H3,(H,36,40)/t33-/m0/s1. The van der Waals surface area contributed by atoms with E-state index >= 15 is 0 Å². The number of amides is 2. The fourth-order valence-electron chi connectivity index (χ4n) is 5.90. The molecule has 230 valence electrons. The molecular weight excluding hydrogens is 558 g/mol. The third-order valence-corrected chi connectivity index (χ3v) is 10.1. The average molecular weight is 604 g/mol. The van der Waals surface area contributed by atoms with Gasteiger partial charge in [-0.1, -0.05) is 74.2 Å². The molecule has 3 aromatic carbocycles. The predicted octanol–water partition coefficient (Wildman–Crippen LogP) is 6.37. The molecule has 0 saturated heterocycles. The van der Waals surface area contributed by atoms with Crippen LogP contribution in [-0.2, 0) is 26.2 Å². The molecule has 0 unspecified atom stereocenters. The highest BCUT2D eigenvalue weighted by Gasteiger charge is 2.34. The summed E-state index contributed by atoms with van der Waals surface area (Å²) in [7, 11) is -4.10. The van der Waals surface area contributed by atoms with Gasteiger partial charge in [0.1, 0.15) is 12.6 Å². The number of hydrogen-bond donors (Lipinski definition) is 1. The Morgan fingerprint density at radius 3 is 2.09 bits per heavy atom. The molecule has 1 aliphatic carbocycles. The van der Waals surface area contributed by atoms with Gasteiger partial charge >= 0.3 is 0 Å². The molecule has 1 saturated carbocycles. The quantitative estimate of drug-likeness (QED) is 0.276. The summed E-state index contributed by atoms with van der Waals surface area (Å²) < 4.78 is 29.5. The summed E-state index contributed by atoms with van der Waals surface area (Å²) in [6.07, 6.45) is 5.60. The molecule has 0 aliphatic heterocycles. The van der Waals surface area contributed by atoms with E-state index in [0.29, 0.717) is 12.1 Å². The second-order valence-corrected chi connectivity index (χ2v) is 13.7. The van der Waals surface area contributed by atoms with Gasteiger partial charge < -0.3 is 10.2 Å². The molecular formula is C35H45N3O4S. The van der Waals surface area contributed by atoms with Crippen LogP contribution in [0.2, 0.25) is 0 Å². The predicted molar refractivity (Wildman–Crippen MR) is 172 cm³/mol. The van der Waals surface area contributed by atoms with Crippen LogP contribution in [0.5, 0.6) is 0 Å². The van der Waals surface area contributed by atoms with Crippen molar-refractivity contribution < 1.29 is 18.0 Å². The Bertz CT molecular complexity index is 1510. The molecule has 1 N–H and O–H groups in total. The first kappa shape index (κ1) is 32.3. The van der Waals surface area contributed by atoms with E-state index in [2.05, 4.69) is 5.32 Å². The highest BCUT2D eigenvalue weighted by Crippen LogP contribution is 2.27. The molecule has 0 radical (unpaired) electrons. The number of nitrogens with one attached hydrogen (secondary N) is 1. The van der Waals surface area contributed by atoms with Gasteiger partial charge in [-0.15, -0.1) is 0 Å². The van der Waals surface area contributed by atoms with Gasteiger partial charge in [-0.25, -0.2) is 8.42 Å². The maximum atomic E-state index is 14.4. The van der Waals surface area contributed by atoms with Crippen LogP contribution in [0.4, 0.5) is 5.69 Å². The fraction of sp³-hybridized carbons (Fsp3) is 0.429. The molecule has 1 atom stereocenters. The van der Waals surface area contributed by atoms with Crippen molar-refractivity contribution in [2.75, 3.05) is 10.8 Å². The van der Waals surface area contributed by atoms with Crippen LogP contribution in [0.1, 0.15) is 73.3 Å². The zero-order valence-corrected chi connectivity index (χ0v) is 26.9. The summed E-state index contributed by atoms with van der Waals surface area (Å²) in [4.78, 5) is 29.8. The summed E-state index contributed by atoms with van der Waals surface area (Å²) in [5, 5.41) is 3.20. The van der Waals surface area contributed by atoms with Crippen LogP contribution in [0, 0.1) is 27.7 Å². The first-order valence-electron chi connectivity index (χ1n) is 15.3. The zero-order chi connectivity index (χ0) is 31.1. The summed E-state index contributed by atoms with van der Waals surface area (Å²) in [6, 6.07) is 19.3. The Labute approximate surface area is 257 Å². The Balaban J connectivity index is 1.74. The minimum Gasteiger partial charge on any atom is -0.352 e. The summed E-state index contributed by atoms with van der Waals surface area (Å²) in [5.74, 6) is -0.612. The van der Waals surface area contributed by atoms with Crippen molar-refractivity contribution in [1.82, 2.24) is 10.2 Å². The van der Waals surface area contributed by atoms with Gasteiger partial charge in [-0.2, -0.15) is 0 Å². The number of benzene rings is 3. The van der Waals surface area contributed by atoms with Crippen LogP contribution in [0.25, 0.3) is 0 Å². The molecule has 0 aromatic heterocycles. The van der Waals surface area contributed by atoms with E-state index in [4.69, 9.17) is 0 Å². The van der Waals surface area contributed by atoms with Crippen LogP contribution < -0.4 is 9.62 Å². The molecule has 1 fully saturated rings. The van der Waals surface area contributed by atoms with Crippen LogP contribution >= 0.6 is 0 Å². The van der Waals surface area contributed by atoms with E-state index in [1.54, 1.807) is 41.3 Å². The number of sulfonamides is 1. The number of carbonyl (C=O) groups excluding carboxylic acids is 2. The average Bonchev–Trinajstić information content (AvgIpc) is 2.96. The van der Waals surface area contributed by atoms with Gasteiger partial charge in [0.05, 0.1) is 10.6 Å². The Morgan fingerprint density at radius 2 is 1.49 bits per heavy atom. The van der Waals surface area contributed by atoms with E-state index in [1.165, 1.54) is 10.7 Å². The molecule has 7 nitrogen and oxygen atoms in total. The topological polar surface area (TPSA) is 86.8 Å². The lowest BCUT2D eigenvalue weighted by Crippen LogP contribution is -2.54. The van der Waals surface area contributed by atoms with E-state index in [0.717, 1.165) is 53.5 Å². The SMILES string of the molecule is CC[C@@H](C(=O)NC1CCCCC1)N(Cc1ccccc1C)C(=O)CN(c1cc(C)cc(C)c1)S(=O)(=O)c1ccc(C)cc1. The highest BCUT2D eigenvalue weighted by molar-refractivity contribution is 7.92. The molecule has 2 amide bonds. The van der Waals surface area contributed by atoms with Crippen molar-refractivity contribution in [3.05, 3.63) is 94.5 Å². The summed E-state index contributed by atoms with van der Waals surface area (Å²) >= 11 is 0. The van der Waals surface area contributed by atoms with Crippen molar-refractivity contribution in [2.45, 2.75) is 96.7 Å². The van der Waals surface area contributed by atoms with Crippen LogP contribution in [0.3, 0.4) is 0 Å². The molecule has 3 aromatic rings. The summed E-state index contributed by atoms with van der Waals surface area (Å²) in [6.45, 7) is 9.35. The third-order valence-electron chi connectivity index (χ3n) is 8.32. The van der Waals surface area contributed by atoms with Gasteiger partial charge in [-0.3, -0.25) is 13.9 Å².